The van der Waals surface area contributed by atoms with Crippen molar-refractivity contribution >= 4 is 29.3 Å². The van der Waals surface area contributed by atoms with E-state index in [4.69, 9.17) is 16.3 Å². The molecule has 0 aromatic heterocycles. The smallest absolute Gasteiger partial charge is 0.233 e. The van der Waals surface area contributed by atoms with Crippen molar-refractivity contribution < 1.29 is 9.53 Å². The van der Waals surface area contributed by atoms with Crippen molar-refractivity contribution in [2.45, 2.75) is 29.9 Å². The number of ether oxygens (including phenoxy) is 1. The minimum Gasteiger partial charge on any atom is -0.383 e. The Balaban J connectivity index is 2.06. The Morgan fingerprint density at radius 3 is 3.13 bits per heavy atom. The lowest BCUT2D eigenvalue weighted by Gasteiger charge is -2.11. The van der Waals surface area contributed by atoms with Gasteiger partial charge in [0.2, 0.25) is 5.91 Å². The van der Waals surface area contributed by atoms with Gasteiger partial charge in [-0.25, -0.2) is 0 Å². The highest BCUT2D eigenvalue weighted by Crippen LogP contribution is 2.25. The van der Waals surface area contributed by atoms with E-state index < -0.39 is 0 Å². The highest BCUT2D eigenvalue weighted by molar-refractivity contribution is 8.00. The molecule has 0 aromatic carbocycles. The Kier molecular flexibility index (Phi) is 6.45. The highest BCUT2D eigenvalue weighted by atomic mass is 35.5. The number of alkyl halides is 1. The summed E-state index contributed by atoms with van der Waals surface area (Å²) < 4.78 is 4.91. The zero-order valence-corrected chi connectivity index (χ0v) is 10.6. The maximum Gasteiger partial charge on any atom is 0.233 e. The van der Waals surface area contributed by atoms with Gasteiger partial charge in [0.1, 0.15) is 0 Å². The molecular formula is C10H18ClNO2S. The average molecular weight is 252 g/mol. The summed E-state index contributed by atoms with van der Waals surface area (Å²) in [5.74, 6) is 1.28. The van der Waals surface area contributed by atoms with Crippen molar-refractivity contribution in [3.8, 4) is 0 Å². The predicted molar refractivity (Wildman–Crippen MR) is 64.6 cm³/mol. The lowest BCUT2D eigenvalue weighted by molar-refractivity contribution is -0.120. The molecule has 1 heterocycles. The SMILES string of the molecule is COCC(Cl)CCNC(=O)C1CCCS1. The summed E-state index contributed by atoms with van der Waals surface area (Å²) in [6.45, 7) is 1.18. The van der Waals surface area contributed by atoms with E-state index in [1.807, 2.05) is 0 Å². The maximum absolute atomic E-state index is 11.6. The van der Waals surface area contributed by atoms with Gasteiger partial charge in [0.15, 0.2) is 0 Å². The fourth-order valence-corrected chi connectivity index (χ4v) is 2.94. The van der Waals surface area contributed by atoms with E-state index in [1.54, 1.807) is 18.9 Å². The van der Waals surface area contributed by atoms with Gasteiger partial charge >= 0.3 is 0 Å². The van der Waals surface area contributed by atoms with Gasteiger partial charge in [-0.05, 0) is 25.0 Å². The minimum absolute atomic E-state index is 0.00784. The molecule has 2 atom stereocenters. The Bertz CT molecular complexity index is 198. The predicted octanol–water partition coefficient (Wildman–Crippen LogP) is 1.64. The molecule has 15 heavy (non-hydrogen) atoms. The van der Waals surface area contributed by atoms with Crippen LogP contribution < -0.4 is 5.32 Å². The van der Waals surface area contributed by atoms with Crippen LogP contribution in [-0.2, 0) is 9.53 Å². The second kappa shape index (κ2) is 7.36. The van der Waals surface area contributed by atoms with E-state index >= 15 is 0 Å². The zero-order valence-electron chi connectivity index (χ0n) is 9.00. The molecule has 1 saturated heterocycles. The Morgan fingerprint density at radius 2 is 2.53 bits per heavy atom. The van der Waals surface area contributed by atoms with E-state index in [1.165, 1.54) is 0 Å². The number of nitrogens with one attached hydrogen (secondary N) is 1. The topological polar surface area (TPSA) is 38.3 Å². The van der Waals surface area contributed by atoms with Gasteiger partial charge in [0.25, 0.3) is 0 Å². The third kappa shape index (κ3) is 5.09. The van der Waals surface area contributed by atoms with Gasteiger partial charge in [0.05, 0.1) is 17.2 Å². The quantitative estimate of drug-likeness (QED) is 0.730. The van der Waals surface area contributed by atoms with Crippen LogP contribution in [0.2, 0.25) is 0 Å². The number of hydrogen-bond acceptors (Lipinski definition) is 3. The van der Waals surface area contributed by atoms with Gasteiger partial charge in [-0.1, -0.05) is 0 Å². The fourth-order valence-electron chi connectivity index (χ4n) is 1.51. The lowest BCUT2D eigenvalue weighted by Crippen LogP contribution is -2.33. The van der Waals surface area contributed by atoms with Crippen molar-refractivity contribution in [3.05, 3.63) is 0 Å². The molecule has 0 radical (unpaired) electrons. The van der Waals surface area contributed by atoms with Crippen molar-refractivity contribution in [2.75, 3.05) is 26.0 Å². The van der Waals surface area contributed by atoms with Gasteiger partial charge in [-0.3, -0.25) is 4.79 Å². The number of thioether (sulfide) groups is 1. The zero-order chi connectivity index (χ0) is 11.1. The summed E-state index contributed by atoms with van der Waals surface area (Å²) in [5, 5.41) is 3.07. The van der Waals surface area contributed by atoms with Crippen LogP contribution >= 0.6 is 23.4 Å². The number of methoxy groups -OCH3 is 1. The van der Waals surface area contributed by atoms with Crippen LogP contribution in [0.4, 0.5) is 0 Å². The van der Waals surface area contributed by atoms with Crippen molar-refractivity contribution in [1.29, 1.82) is 0 Å². The second-order valence-electron chi connectivity index (χ2n) is 3.63. The first-order chi connectivity index (χ1) is 7.24. The Morgan fingerprint density at radius 1 is 1.73 bits per heavy atom. The third-order valence-corrected chi connectivity index (χ3v) is 4.05. The van der Waals surface area contributed by atoms with Crippen LogP contribution in [0.1, 0.15) is 19.3 Å². The van der Waals surface area contributed by atoms with Crippen molar-refractivity contribution in [1.82, 2.24) is 5.32 Å². The molecule has 88 valence electrons. The summed E-state index contributed by atoms with van der Waals surface area (Å²) >= 11 is 7.69. The average Bonchev–Trinajstić information content (AvgIpc) is 2.70. The molecule has 5 heteroatoms. The van der Waals surface area contributed by atoms with E-state index in [-0.39, 0.29) is 16.5 Å². The standard InChI is InChI=1S/C10H18ClNO2S/c1-14-7-8(11)4-5-12-10(13)9-3-2-6-15-9/h8-9H,2-7H2,1H3,(H,12,13). The van der Waals surface area contributed by atoms with Crippen LogP contribution in [0.3, 0.4) is 0 Å². The molecule has 3 nitrogen and oxygen atoms in total. The molecule has 0 aromatic rings. The molecule has 1 rings (SSSR count). The third-order valence-electron chi connectivity index (χ3n) is 2.33. The van der Waals surface area contributed by atoms with E-state index in [0.29, 0.717) is 13.2 Å². The fraction of sp³-hybridized carbons (Fsp3) is 0.900. The first-order valence-electron chi connectivity index (χ1n) is 5.26. The second-order valence-corrected chi connectivity index (χ2v) is 5.56. The van der Waals surface area contributed by atoms with Crippen molar-refractivity contribution in [3.63, 3.8) is 0 Å². The Hall–Kier alpha value is 0.0700. The number of halogens is 1. The summed E-state index contributed by atoms with van der Waals surface area (Å²) in [5.41, 5.74) is 0. The van der Waals surface area contributed by atoms with Gasteiger partial charge in [-0.2, -0.15) is 0 Å². The molecule has 2 unspecified atom stereocenters. The summed E-state index contributed by atoms with van der Waals surface area (Å²) in [6, 6.07) is 0. The molecule has 1 amide bonds. The molecule has 0 bridgehead atoms. The van der Waals surface area contributed by atoms with Crippen LogP contribution in [0.25, 0.3) is 0 Å². The molecule has 0 aliphatic carbocycles. The number of hydrogen-bond donors (Lipinski definition) is 1. The number of carbonyl (C=O) groups is 1. The Labute approximate surface area is 100 Å². The van der Waals surface area contributed by atoms with Gasteiger partial charge in [-0.15, -0.1) is 23.4 Å². The molecule has 0 saturated carbocycles. The van der Waals surface area contributed by atoms with Crippen molar-refractivity contribution in [2.24, 2.45) is 0 Å². The van der Waals surface area contributed by atoms with E-state index in [0.717, 1.165) is 25.0 Å². The van der Waals surface area contributed by atoms with Crippen LogP contribution in [0.15, 0.2) is 0 Å². The number of carbonyl (C=O) groups excluding carboxylic acids is 1. The number of rotatable bonds is 6. The normalized spacial score (nSPS) is 22.7. The summed E-state index contributed by atoms with van der Waals surface area (Å²) in [4.78, 5) is 11.6. The summed E-state index contributed by atoms with van der Waals surface area (Å²) in [7, 11) is 1.63. The molecule has 0 spiro atoms. The maximum atomic E-state index is 11.6. The molecule has 1 aliphatic heterocycles. The summed E-state index contributed by atoms with van der Waals surface area (Å²) in [6.07, 6.45) is 2.93. The highest BCUT2D eigenvalue weighted by Gasteiger charge is 2.22. The van der Waals surface area contributed by atoms with E-state index in [2.05, 4.69) is 5.32 Å². The van der Waals surface area contributed by atoms with Gasteiger partial charge in [0, 0.05) is 13.7 Å². The van der Waals surface area contributed by atoms with Crippen LogP contribution in [0, 0.1) is 0 Å². The first-order valence-corrected chi connectivity index (χ1v) is 6.75. The monoisotopic (exact) mass is 251 g/mol. The van der Waals surface area contributed by atoms with Gasteiger partial charge < -0.3 is 10.1 Å². The van der Waals surface area contributed by atoms with Crippen LogP contribution in [0.5, 0.6) is 0 Å². The molecule has 1 fully saturated rings. The van der Waals surface area contributed by atoms with E-state index in [9.17, 15) is 4.79 Å². The number of amides is 1. The molecule has 1 aliphatic rings. The lowest BCUT2D eigenvalue weighted by atomic mass is 10.2. The minimum atomic E-state index is -0.00784. The first kappa shape index (κ1) is 13.1. The molecular weight excluding hydrogens is 234 g/mol. The largest absolute Gasteiger partial charge is 0.383 e. The van der Waals surface area contributed by atoms with Crippen LogP contribution in [-0.4, -0.2) is 42.5 Å². The molecule has 1 N–H and O–H groups in total.